The Morgan fingerprint density at radius 2 is 2.31 bits per heavy atom. The lowest BCUT2D eigenvalue weighted by Gasteiger charge is -2.06. The van der Waals surface area contributed by atoms with Crippen molar-refractivity contribution in [2.75, 3.05) is 24.7 Å². The summed E-state index contributed by atoms with van der Waals surface area (Å²) in [5, 5.41) is 20.4. The van der Waals surface area contributed by atoms with Crippen LogP contribution in [0.1, 0.15) is 6.92 Å². The van der Waals surface area contributed by atoms with E-state index < -0.39 is 0 Å². The number of amidine groups is 1. The molecule has 1 rings (SSSR count). The van der Waals surface area contributed by atoms with Gasteiger partial charge in [-0.2, -0.15) is 0 Å². The first-order chi connectivity index (χ1) is 7.54. The quantitative estimate of drug-likeness (QED) is 0.271. The van der Waals surface area contributed by atoms with Crippen LogP contribution in [0.3, 0.4) is 0 Å². The molecule has 1 unspecified atom stereocenters. The Balaban J connectivity index is 2.48. The number of nitrogens with zero attached hydrogens (tertiary/aromatic N) is 4. The number of nitrogens with two attached hydrogens (primary N) is 1. The monoisotopic (exact) mass is 261 g/mol. The lowest BCUT2D eigenvalue weighted by molar-refractivity contribution is 0.315. The summed E-state index contributed by atoms with van der Waals surface area (Å²) in [4.78, 5) is 1.91. The topological polar surface area (TPSA) is 87.6 Å². The van der Waals surface area contributed by atoms with Gasteiger partial charge in [-0.25, -0.2) is 0 Å². The van der Waals surface area contributed by atoms with E-state index in [1.165, 1.54) is 11.3 Å². The van der Waals surface area contributed by atoms with Crippen molar-refractivity contribution in [2.45, 2.75) is 11.3 Å². The van der Waals surface area contributed by atoms with Crippen molar-refractivity contribution in [1.29, 1.82) is 0 Å². The van der Waals surface area contributed by atoms with Gasteiger partial charge in [0.15, 0.2) is 4.34 Å². The molecule has 1 aromatic rings. The smallest absolute Gasteiger partial charge is 0.208 e. The van der Waals surface area contributed by atoms with E-state index >= 15 is 0 Å². The van der Waals surface area contributed by atoms with Crippen molar-refractivity contribution in [3.63, 3.8) is 0 Å². The molecule has 0 fully saturated rings. The standard InChI is InChI=1S/C8H15N5OS2/c1-5(6(9)12-14)4-15-8-11-10-7(16-8)13(2)3/h5,14H,4H2,1-3H3,(H2,9,12). The van der Waals surface area contributed by atoms with Crippen LogP contribution in [0, 0.1) is 5.92 Å². The lowest BCUT2D eigenvalue weighted by atomic mass is 10.2. The van der Waals surface area contributed by atoms with Gasteiger partial charge in [-0.3, -0.25) is 0 Å². The Morgan fingerprint density at radius 3 is 2.81 bits per heavy atom. The van der Waals surface area contributed by atoms with Crippen LogP contribution in [-0.2, 0) is 0 Å². The van der Waals surface area contributed by atoms with Crippen LogP contribution < -0.4 is 10.6 Å². The summed E-state index contributed by atoms with van der Waals surface area (Å²) in [5.41, 5.74) is 5.48. The van der Waals surface area contributed by atoms with Crippen LogP contribution in [0.25, 0.3) is 0 Å². The molecule has 1 heterocycles. The van der Waals surface area contributed by atoms with Gasteiger partial charge in [-0.15, -0.1) is 10.2 Å². The number of aromatic nitrogens is 2. The summed E-state index contributed by atoms with van der Waals surface area (Å²) in [7, 11) is 3.85. The van der Waals surface area contributed by atoms with Crippen LogP contribution in [0.4, 0.5) is 5.13 Å². The van der Waals surface area contributed by atoms with Gasteiger partial charge in [0.1, 0.15) is 5.84 Å². The third kappa shape index (κ3) is 3.53. The Morgan fingerprint density at radius 1 is 1.62 bits per heavy atom. The van der Waals surface area contributed by atoms with Crippen LogP contribution in [0.15, 0.2) is 9.50 Å². The molecular formula is C8H15N5OS2. The number of anilines is 1. The zero-order valence-corrected chi connectivity index (χ0v) is 11.0. The second-order valence-electron chi connectivity index (χ2n) is 3.48. The fourth-order valence-electron chi connectivity index (χ4n) is 0.822. The van der Waals surface area contributed by atoms with Crippen LogP contribution >= 0.6 is 23.1 Å². The largest absolute Gasteiger partial charge is 0.409 e. The Labute approximate surface area is 103 Å². The second kappa shape index (κ2) is 5.90. The number of hydrogen-bond donors (Lipinski definition) is 2. The molecule has 0 aromatic carbocycles. The minimum atomic E-state index is 0.0155. The summed E-state index contributed by atoms with van der Waals surface area (Å²) in [6.45, 7) is 1.90. The normalized spacial score (nSPS) is 13.8. The highest BCUT2D eigenvalue weighted by molar-refractivity contribution is 8.01. The molecule has 0 aliphatic carbocycles. The Hall–Kier alpha value is -1.02. The van der Waals surface area contributed by atoms with E-state index in [2.05, 4.69) is 15.4 Å². The number of rotatable bonds is 5. The van der Waals surface area contributed by atoms with E-state index in [4.69, 9.17) is 10.9 Å². The summed E-state index contributed by atoms with van der Waals surface area (Å²) in [6, 6.07) is 0. The molecule has 6 nitrogen and oxygen atoms in total. The summed E-state index contributed by atoms with van der Waals surface area (Å²) >= 11 is 3.08. The zero-order chi connectivity index (χ0) is 12.1. The average molecular weight is 261 g/mol. The van der Waals surface area contributed by atoms with E-state index in [0.29, 0.717) is 0 Å². The van der Waals surface area contributed by atoms with Gasteiger partial charge in [-0.05, 0) is 0 Å². The number of thioether (sulfide) groups is 1. The molecule has 1 aromatic heterocycles. The Bertz CT molecular complexity index is 365. The van der Waals surface area contributed by atoms with E-state index in [9.17, 15) is 0 Å². The number of oxime groups is 1. The van der Waals surface area contributed by atoms with Crippen molar-refractivity contribution in [3.8, 4) is 0 Å². The Kier molecular flexibility index (Phi) is 4.81. The first-order valence-electron chi connectivity index (χ1n) is 4.65. The van der Waals surface area contributed by atoms with Gasteiger partial charge >= 0.3 is 0 Å². The molecular weight excluding hydrogens is 246 g/mol. The van der Waals surface area contributed by atoms with Gasteiger partial charge in [0.05, 0.1) is 0 Å². The minimum absolute atomic E-state index is 0.0155. The number of hydrogen-bond acceptors (Lipinski definition) is 7. The summed E-state index contributed by atoms with van der Waals surface area (Å²) in [6.07, 6.45) is 0. The SMILES string of the molecule is CC(CSc1nnc(N(C)C)s1)C(N)=NO. The van der Waals surface area contributed by atoms with Gasteiger partial charge in [0, 0.05) is 25.8 Å². The predicted octanol–water partition coefficient (Wildman–Crippen LogP) is 1.08. The molecule has 0 saturated carbocycles. The molecule has 0 saturated heterocycles. The fourth-order valence-corrected chi connectivity index (χ4v) is 2.65. The highest BCUT2D eigenvalue weighted by atomic mass is 32.2. The molecule has 0 radical (unpaired) electrons. The molecule has 90 valence electrons. The zero-order valence-electron chi connectivity index (χ0n) is 9.41. The predicted molar refractivity (Wildman–Crippen MR) is 67.5 cm³/mol. The molecule has 0 amide bonds. The minimum Gasteiger partial charge on any atom is -0.409 e. The van der Waals surface area contributed by atoms with E-state index in [1.807, 2.05) is 25.9 Å². The maximum atomic E-state index is 8.50. The van der Waals surface area contributed by atoms with E-state index in [0.717, 1.165) is 15.2 Å². The van der Waals surface area contributed by atoms with E-state index in [-0.39, 0.29) is 11.8 Å². The van der Waals surface area contributed by atoms with Gasteiger partial charge in [-0.1, -0.05) is 35.2 Å². The van der Waals surface area contributed by atoms with Crippen LogP contribution in [-0.4, -0.2) is 41.1 Å². The van der Waals surface area contributed by atoms with Crippen molar-refractivity contribution in [3.05, 3.63) is 0 Å². The maximum absolute atomic E-state index is 8.50. The molecule has 0 bridgehead atoms. The molecule has 16 heavy (non-hydrogen) atoms. The molecule has 8 heteroatoms. The average Bonchev–Trinajstić information content (AvgIpc) is 2.73. The van der Waals surface area contributed by atoms with Crippen molar-refractivity contribution < 1.29 is 5.21 Å². The molecule has 0 aliphatic rings. The summed E-state index contributed by atoms with van der Waals surface area (Å²) in [5.74, 6) is 0.976. The van der Waals surface area contributed by atoms with Crippen molar-refractivity contribution >= 4 is 34.1 Å². The highest BCUT2D eigenvalue weighted by Crippen LogP contribution is 2.28. The van der Waals surface area contributed by atoms with Crippen molar-refractivity contribution in [2.24, 2.45) is 16.8 Å². The molecule has 0 spiro atoms. The molecule has 1 atom stereocenters. The molecule has 0 aliphatic heterocycles. The summed E-state index contributed by atoms with van der Waals surface area (Å²) < 4.78 is 0.890. The second-order valence-corrected chi connectivity index (χ2v) is 5.70. The van der Waals surface area contributed by atoms with Gasteiger partial charge < -0.3 is 15.8 Å². The fraction of sp³-hybridized carbons (Fsp3) is 0.625. The molecule has 3 N–H and O–H groups in total. The first kappa shape index (κ1) is 13.0. The van der Waals surface area contributed by atoms with E-state index in [1.54, 1.807) is 11.8 Å². The third-order valence-corrected chi connectivity index (χ3v) is 4.34. The van der Waals surface area contributed by atoms with Gasteiger partial charge in [0.2, 0.25) is 5.13 Å². The highest BCUT2D eigenvalue weighted by Gasteiger charge is 2.11. The third-order valence-electron chi connectivity index (χ3n) is 1.86. The maximum Gasteiger partial charge on any atom is 0.208 e. The lowest BCUT2D eigenvalue weighted by Crippen LogP contribution is -2.22. The van der Waals surface area contributed by atoms with Gasteiger partial charge in [0.25, 0.3) is 0 Å². The van der Waals surface area contributed by atoms with Crippen LogP contribution in [0.5, 0.6) is 0 Å². The first-order valence-corrected chi connectivity index (χ1v) is 6.45. The van der Waals surface area contributed by atoms with Crippen LogP contribution in [0.2, 0.25) is 0 Å². The van der Waals surface area contributed by atoms with Crippen molar-refractivity contribution in [1.82, 2.24) is 10.2 Å².